The molecule has 0 spiro atoms. The van der Waals surface area contributed by atoms with E-state index < -0.39 is 0 Å². The van der Waals surface area contributed by atoms with Crippen LogP contribution in [0.15, 0.2) is 64.9 Å². The maximum Gasteiger partial charge on any atom is 0.226 e. The van der Waals surface area contributed by atoms with Crippen molar-refractivity contribution in [1.29, 1.82) is 0 Å². The number of carbonyl (C=O) groups is 2. The Labute approximate surface area is 179 Å². The molecule has 0 saturated carbocycles. The number of aryl methyl sites for hydroxylation is 1. The van der Waals surface area contributed by atoms with E-state index in [-0.39, 0.29) is 24.3 Å². The minimum atomic E-state index is -0.238. The molecule has 30 heavy (non-hydrogen) atoms. The molecule has 1 aliphatic rings. The first-order chi connectivity index (χ1) is 14.5. The fourth-order valence-corrected chi connectivity index (χ4v) is 4.48. The van der Waals surface area contributed by atoms with Crippen LogP contribution in [0.1, 0.15) is 30.5 Å². The molecule has 3 aromatic rings. The Bertz CT molecular complexity index is 1060. The average molecular weight is 422 g/mol. The van der Waals surface area contributed by atoms with Gasteiger partial charge in [0.25, 0.3) is 0 Å². The number of fused-ring (bicyclic) bond motifs is 1. The number of hydrogen-bond acceptors (Lipinski definition) is 5. The highest BCUT2D eigenvalue weighted by Gasteiger charge is 2.30. The van der Waals surface area contributed by atoms with Gasteiger partial charge in [-0.3, -0.25) is 9.59 Å². The predicted molar refractivity (Wildman–Crippen MR) is 115 cm³/mol. The number of amides is 2. The minimum absolute atomic E-state index is 0.00699. The zero-order chi connectivity index (χ0) is 21.1. The summed E-state index contributed by atoms with van der Waals surface area (Å²) in [5.41, 5.74) is 2.99. The van der Waals surface area contributed by atoms with Crippen molar-refractivity contribution in [3.63, 3.8) is 0 Å². The molecule has 1 N–H and O–H groups in total. The molecular weight excluding hydrogens is 398 g/mol. The van der Waals surface area contributed by atoms with Crippen LogP contribution in [-0.2, 0) is 23.1 Å². The molecule has 1 atom stereocenters. The smallest absolute Gasteiger partial charge is 0.226 e. The minimum Gasteiger partial charge on any atom is -0.335 e. The van der Waals surface area contributed by atoms with Crippen LogP contribution < -0.4 is 5.32 Å². The van der Waals surface area contributed by atoms with Crippen LogP contribution >= 0.6 is 11.8 Å². The summed E-state index contributed by atoms with van der Waals surface area (Å²) >= 11 is 1.51. The number of anilines is 1. The summed E-state index contributed by atoms with van der Waals surface area (Å²) in [5, 5.41) is 11.7. The van der Waals surface area contributed by atoms with Crippen LogP contribution in [0.25, 0.3) is 0 Å². The second kappa shape index (κ2) is 8.71. The van der Waals surface area contributed by atoms with E-state index in [1.165, 1.54) is 17.3 Å². The normalized spacial score (nSPS) is 15.5. The van der Waals surface area contributed by atoms with E-state index in [9.17, 15) is 9.59 Å². The summed E-state index contributed by atoms with van der Waals surface area (Å²) in [4.78, 5) is 27.7. The Morgan fingerprint density at radius 3 is 2.63 bits per heavy atom. The molecule has 1 aliphatic heterocycles. The molecule has 0 fully saturated rings. The molecule has 154 valence electrons. The molecule has 0 saturated heterocycles. The van der Waals surface area contributed by atoms with Crippen molar-refractivity contribution in [2.24, 2.45) is 7.05 Å². The van der Waals surface area contributed by atoms with Crippen LogP contribution in [0.3, 0.4) is 0 Å². The SMILES string of the molecule is CC(=O)N1CCc2ccccc2C1CC(=O)Nc1ccc(Sc2nncn2C)cc1. The number of aromatic nitrogens is 3. The van der Waals surface area contributed by atoms with Crippen LogP contribution in [0.4, 0.5) is 5.69 Å². The van der Waals surface area contributed by atoms with Crippen molar-refractivity contribution in [2.75, 3.05) is 11.9 Å². The van der Waals surface area contributed by atoms with Gasteiger partial charge in [-0.05, 0) is 53.6 Å². The van der Waals surface area contributed by atoms with Gasteiger partial charge in [0.15, 0.2) is 5.16 Å². The topological polar surface area (TPSA) is 80.1 Å². The highest BCUT2D eigenvalue weighted by molar-refractivity contribution is 7.99. The molecule has 7 nitrogen and oxygen atoms in total. The number of rotatable bonds is 5. The van der Waals surface area contributed by atoms with E-state index in [0.29, 0.717) is 6.54 Å². The number of carbonyl (C=O) groups excluding carboxylic acids is 2. The molecule has 0 radical (unpaired) electrons. The summed E-state index contributed by atoms with van der Waals surface area (Å²) in [6.07, 6.45) is 2.70. The highest BCUT2D eigenvalue weighted by Crippen LogP contribution is 2.33. The van der Waals surface area contributed by atoms with E-state index in [0.717, 1.165) is 27.7 Å². The Morgan fingerprint density at radius 2 is 1.93 bits per heavy atom. The zero-order valence-electron chi connectivity index (χ0n) is 16.9. The first-order valence-electron chi connectivity index (χ1n) is 9.78. The summed E-state index contributed by atoms with van der Waals surface area (Å²) in [5.74, 6) is -0.121. The Hall–Kier alpha value is -3.13. The van der Waals surface area contributed by atoms with Crippen molar-refractivity contribution < 1.29 is 9.59 Å². The molecule has 2 amide bonds. The molecule has 8 heteroatoms. The molecule has 0 aliphatic carbocycles. The Kier molecular flexibility index (Phi) is 5.85. The lowest BCUT2D eigenvalue weighted by Crippen LogP contribution is -2.40. The van der Waals surface area contributed by atoms with E-state index in [1.807, 2.05) is 54.1 Å². The van der Waals surface area contributed by atoms with Gasteiger partial charge in [0, 0.05) is 31.1 Å². The van der Waals surface area contributed by atoms with Crippen molar-refractivity contribution in [1.82, 2.24) is 19.7 Å². The number of nitrogens with one attached hydrogen (secondary N) is 1. The quantitative estimate of drug-likeness (QED) is 0.683. The van der Waals surface area contributed by atoms with E-state index >= 15 is 0 Å². The molecule has 1 aromatic heterocycles. The molecular formula is C22H23N5O2S. The van der Waals surface area contributed by atoms with E-state index in [2.05, 4.69) is 21.6 Å². The fourth-order valence-electron chi connectivity index (χ4n) is 3.71. The summed E-state index contributed by atoms with van der Waals surface area (Å²) in [7, 11) is 1.89. The average Bonchev–Trinajstić information content (AvgIpc) is 3.14. The lowest BCUT2D eigenvalue weighted by atomic mass is 9.90. The number of hydrogen-bond donors (Lipinski definition) is 1. The van der Waals surface area contributed by atoms with Crippen LogP contribution in [0, 0.1) is 0 Å². The van der Waals surface area contributed by atoms with Gasteiger partial charge in [-0.25, -0.2) is 0 Å². The summed E-state index contributed by atoms with van der Waals surface area (Å²) in [6, 6.07) is 15.4. The molecule has 2 aromatic carbocycles. The van der Waals surface area contributed by atoms with Gasteiger partial charge in [-0.15, -0.1) is 10.2 Å². The van der Waals surface area contributed by atoms with Gasteiger partial charge in [0.2, 0.25) is 11.8 Å². The predicted octanol–water partition coefficient (Wildman–Crippen LogP) is 3.44. The third kappa shape index (κ3) is 4.38. The summed E-state index contributed by atoms with van der Waals surface area (Å²) < 4.78 is 1.85. The van der Waals surface area contributed by atoms with Gasteiger partial charge >= 0.3 is 0 Å². The van der Waals surface area contributed by atoms with E-state index in [1.54, 1.807) is 18.2 Å². The number of nitrogens with zero attached hydrogens (tertiary/aromatic N) is 4. The second-order valence-corrected chi connectivity index (χ2v) is 8.32. The first kappa shape index (κ1) is 20.2. The van der Waals surface area contributed by atoms with Crippen LogP contribution in [-0.4, -0.2) is 38.0 Å². The van der Waals surface area contributed by atoms with Gasteiger partial charge < -0.3 is 14.8 Å². The van der Waals surface area contributed by atoms with Crippen molar-refractivity contribution >= 4 is 29.3 Å². The third-order valence-corrected chi connectivity index (χ3v) is 6.27. The van der Waals surface area contributed by atoms with Gasteiger partial charge in [0.1, 0.15) is 6.33 Å². The summed E-state index contributed by atoms with van der Waals surface area (Å²) in [6.45, 7) is 2.20. The molecule has 0 bridgehead atoms. The second-order valence-electron chi connectivity index (χ2n) is 7.28. The lowest BCUT2D eigenvalue weighted by Gasteiger charge is -2.36. The van der Waals surface area contributed by atoms with Crippen molar-refractivity contribution in [2.45, 2.75) is 35.9 Å². The van der Waals surface area contributed by atoms with Gasteiger partial charge in [0.05, 0.1) is 12.5 Å². The Morgan fingerprint density at radius 1 is 1.17 bits per heavy atom. The first-order valence-corrected chi connectivity index (χ1v) is 10.6. The van der Waals surface area contributed by atoms with Crippen molar-refractivity contribution in [3.8, 4) is 0 Å². The lowest BCUT2D eigenvalue weighted by molar-refractivity contribution is -0.132. The molecule has 2 heterocycles. The third-order valence-electron chi connectivity index (χ3n) is 5.21. The molecule has 4 rings (SSSR count). The molecule has 1 unspecified atom stereocenters. The van der Waals surface area contributed by atoms with Crippen LogP contribution in [0.2, 0.25) is 0 Å². The van der Waals surface area contributed by atoms with Gasteiger partial charge in [-0.1, -0.05) is 24.3 Å². The zero-order valence-corrected chi connectivity index (χ0v) is 17.7. The van der Waals surface area contributed by atoms with E-state index in [4.69, 9.17) is 0 Å². The van der Waals surface area contributed by atoms with Crippen LogP contribution in [0.5, 0.6) is 0 Å². The number of benzene rings is 2. The standard InChI is InChI=1S/C22H23N5O2S/c1-15(28)27-12-11-16-5-3-4-6-19(16)20(27)13-21(29)24-17-7-9-18(10-8-17)30-22-25-23-14-26(22)2/h3-10,14,20H,11-13H2,1-2H3,(H,24,29). The fraction of sp³-hybridized carbons (Fsp3) is 0.273. The van der Waals surface area contributed by atoms with Crippen molar-refractivity contribution in [3.05, 3.63) is 66.0 Å². The largest absolute Gasteiger partial charge is 0.335 e. The monoisotopic (exact) mass is 421 g/mol. The Balaban J connectivity index is 1.43. The van der Waals surface area contributed by atoms with Gasteiger partial charge in [-0.2, -0.15) is 0 Å². The highest BCUT2D eigenvalue weighted by atomic mass is 32.2. The maximum atomic E-state index is 12.8. The maximum absolute atomic E-state index is 12.8.